The molecule has 0 heterocycles. The topological polar surface area (TPSA) is 33.1 Å². The number of benzene rings is 1. The van der Waals surface area contributed by atoms with Crippen LogP contribution in [0.15, 0.2) is 18.2 Å². The number of hydrogen-bond donors (Lipinski definition) is 1. The fourth-order valence-corrected chi connectivity index (χ4v) is 1.85. The van der Waals surface area contributed by atoms with Crippen molar-refractivity contribution < 1.29 is 4.74 Å². The second kappa shape index (κ2) is 4.46. The summed E-state index contributed by atoms with van der Waals surface area (Å²) in [5.41, 5.74) is 1.39. The van der Waals surface area contributed by atoms with E-state index in [0.717, 1.165) is 18.1 Å². The molecule has 1 aliphatic rings. The van der Waals surface area contributed by atoms with Gasteiger partial charge >= 0.3 is 0 Å². The molecule has 3 heteroatoms. The number of nitrogens with one attached hydrogen (secondary N) is 1. The molecule has 1 aromatic rings. The maximum absolute atomic E-state index is 7.56. The Morgan fingerprint density at radius 2 is 2.25 bits per heavy atom. The lowest BCUT2D eigenvalue weighted by atomic mass is 10.1. The van der Waals surface area contributed by atoms with Gasteiger partial charge in [-0.15, -0.1) is 0 Å². The molecule has 86 valence electrons. The number of halogens is 1. The molecule has 1 unspecified atom stereocenters. The van der Waals surface area contributed by atoms with E-state index in [-0.39, 0.29) is 0 Å². The average Bonchev–Trinajstić information content (AvgIpc) is 2.93. The molecule has 0 spiro atoms. The van der Waals surface area contributed by atoms with E-state index in [2.05, 4.69) is 6.92 Å². The number of ether oxygens (including phenoxy) is 1. The molecule has 0 bridgehead atoms. The number of rotatable bonds is 4. The lowest BCUT2D eigenvalue weighted by Crippen LogP contribution is -2.02. The van der Waals surface area contributed by atoms with Crippen molar-refractivity contribution in [1.82, 2.24) is 0 Å². The van der Waals surface area contributed by atoms with Gasteiger partial charge in [0.25, 0.3) is 0 Å². The minimum Gasteiger partial charge on any atom is -0.492 e. The fraction of sp³-hybridized carbons (Fsp3) is 0.462. The van der Waals surface area contributed by atoms with Gasteiger partial charge in [-0.3, -0.25) is 0 Å². The summed E-state index contributed by atoms with van der Waals surface area (Å²) < 4.78 is 5.69. The Balaban J connectivity index is 2.06. The quantitative estimate of drug-likeness (QED) is 0.795. The van der Waals surface area contributed by atoms with Gasteiger partial charge < -0.3 is 10.1 Å². The Kier molecular flexibility index (Phi) is 3.20. The van der Waals surface area contributed by atoms with Crippen LogP contribution in [-0.4, -0.2) is 12.3 Å². The molecule has 0 aromatic heterocycles. The Labute approximate surface area is 101 Å². The molecular formula is C13H16ClNO. The Morgan fingerprint density at radius 1 is 1.56 bits per heavy atom. The van der Waals surface area contributed by atoms with E-state index < -0.39 is 0 Å². The highest BCUT2D eigenvalue weighted by Gasteiger charge is 2.33. The van der Waals surface area contributed by atoms with E-state index >= 15 is 0 Å². The Bertz CT molecular complexity index is 416. The van der Waals surface area contributed by atoms with Gasteiger partial charge in [0.2, 0.25) is 0 Å². The van der Waals surface area contributed by atoms with Crippen LogP contribution in [0.4, 0.5) is 0 Å². The van der Waals surface area contributed by atoms with Crippen LogP contribution in [0.2, 0.25) is 5.02 Å². The molecule has 0 amide bonds. The van der Waals surface area contributed by atoms with Crippen molar-refractivity contribution in [2.45, 2.75) is 20.3 Å². The molecule has 0 radical (unpaired) electrons. The van der Waals surface area contributed by atoms with E-state index in [0.29, 0.717) is 22.4 Å². The first-order valence-electron chi connectivity index (χ1n) is 5.56. The summed E-state index contributed by atoms with van der Waals surface area (Å²) in [5.74, 6) is 2.16. The van der Waals surface area contributed by atoms with Gasteiger partial charge in [-0.2, -0.15) is 0 Å². The molecule has 0 aliphatic heterocycles. The predicted octanol–water partition coefficient (Wildman–Crippen LogP) is 3.76. The summed E-state index contributed by atoms with van der Waals surface area (Å²) in [5, 5.41) is 8.19. The van der Waals surface area contributed by atoms with Gasteiger partial charge in [-0.05, 0) is 42.9 Å². The van der Waals surface area contributed by atoms with Crippen molar-refractivity contribution in [1.29, 1.82) is 5.41 Å². The van der Waals surface area contributed by atoms with Crippen LogP contribution in [0.5, 0.6) is 5.75 Å². The van der Waals surface area contributed by atoms with E-state index in [4.69, 9.17) is 21.7 Å². The van der Waals surface area contributed by atoms with E-state index in [1.165, 1.54) is 6.42 Å². The first-order valence-corrected chi connectivity index (χ1v) is 5.93. The van der Waals surface area contributed by atoms with Crippen molar-refractivity contribution >= 4 is 17.3 Å². The van der Waals surface area contributed by atoms with Crippen LogP contribution in [0, 0.1) is 17.2 Å². The summed E-state index contributed by atoms with van der Waals surface area (Å²) in [6.45, 7) is 4.73. The highest BCUT2D eigenvalue weighted by Crippen LogP contribution is 2.38. The standard InChI is InChI=1S/C13H16ClNO/c1-8-5-11(8)7-16-13-6-10(9(2)15)3-4-12(13)14/h3-4,6,8,11,15H,5,7H2,1-2H3/t8-,11?/m0/s1. The zero-order chi connectivity index (χ0) is 11.7. The Hall–Kier alpha value is -1.02. The first-order chi connectivity index (χ1) is 7.58. The highest BCUT2D eigenvalue weighted by molar-refractivity contribution is 6.32. The van der Waals surface area contributed by atoms with Crippen molar-refractivity contribution in [3.63, 3.8) is 0 Å². The minimum absolute atomic E-state index is 0.529. The third-order valence-electron chi connectivity index (χ3n) is 3.09. The second-order valence-electron chi connectivity index (χ2n) is 4.55. The van der Waals surface area contributed by atoms with Gasteiger partial charge in [0.05, 0.1) is 11.6 Å². The molecule has 2 atom stereocenters. The molecule has 1 fully saturated rings. The first kappa shape index (κ1) is 11.5. The van der Waals surface area contributed by atoms with Gasteiger partial charge in [0.15, 0.2) is 0 Å². The molecule has 1 N–H and O–H groups in total. The normalized spacial score (nSPS) is 22.9. The van der Waals surface area contributed by atoms with Crippen LogP contribution < -0.4 is 4.74 Å². The van der Waals surface area contributed by atoms with Crippen LogP contribution in [0.1, 0.15) is 25.8 Å². The minimum atomic E-state index is 0.529. The maximum Gasteiger partial charge on any atom is 0.138 e. The van der Waals surface area contributed by atoms with Crippen LogP contribution >= 0.6 is 11.6 Å². The largest absolute Gasteiger partial charge is 0.492 e. The highest BCUT2D eigenvalue weighted by atomic mass is 35.5. The van der Waals surface area contributed by atoms with Crippen LogP contribution in [0.25, 0.3) is 0 Å². The summed E-state index contributed by atoms with van der Waals surface area (Å²) in [6.07, 6.45) is 1.25. The second-order valence-corrected chi connectivity index (χ2v) is 4.96. The third kappa shape index (κ3) is 2.56. The molecular weight excluding hydrogens is 222 g/mol. The number of hydrogen-bond acceptors (Lipinski definition) is 2. The monoisotopic (exact) mass is 237 g/mol. The molecule has 2 nitrogen and oxygen atoms in total. The molecule has 16 heavy (non-hydrogen) atoms. The summed E-state index contributed by atoms with van der Waals surface area (Å²) in [6, 6.07) is 5.48. The van der Waals surface area contributed by atoms with Gasteiger partial charge in [-0.1, -0.05) is 24.6 Å². The average molecular weight is 238 g/mol. The zero-order valence-corrected chi connectivity index (χ0v) is 10.3. The van der Waals surface area contributed by atoms with Crippen LogP contribution in [0.3, 0.4) is 0 Å². The fourth-order valence-electron chi connectivity index (χ4n) is 1.68. The smallest absolute Gasteiger partial charge is 0.138 e. The van der Waals surface area contributed by atoms with Crippen molar-refractivity contribution in [2.75, 3.05) is 6.61 Å². The van der Waals surface area contributed by atoms with E-state index in [1.54, 1.807) is 13.0 Å². The van der Waals surface area contributed by atoms with Crippen molar-refractivity contribution in [2.24, 2.45) is 11.8 Å². The molecule has 1 aliphatic carbocycles. The zero-order valence-electron chi connectivity index (χ0n) is 9.59. The van der Waals surface area contributed by atoms with Gasteiger partial charge in [-0.25, -0.2) is 0 Å². The summed E-state index contributed by atoms with van der Waals surface area (Å²) >= 11 is 6.05. The lowest BCUT2D eigenvalue weighted by Gasteiger charge is -2.09. The molecule has 0 saturated heterocycles. The van der Waals surface area contributed by atoms with Crippen LogP contribution in [-0.2, 0) is 0 Å². The molecule has 1 aromatic carbocycles. The van der Waals surface area contributed by atoms with Crippen molar-refractivity contribution in [3.8, 4) is 5.75 Å². The SMILES string of the molecule is CC(=N)c1ccc(Cl)c(OCC2C[C@@H]2C)c1. The van der Waals surface area contributed by atoms with Gasteiger partial charge in [0.1, 0.15) is 5.75 Å². The summed E-state index contributed by atoms with van der Waals surface area (Å²) in [7, 11) is 0. The van der Waals surface area contributed by atoms with E-state index in [1.807, 2.05) is 12.1 Å². The van der Waals surface area contributed by atoms with Crippen molar-refractivity contribution in [3.05, 3.63) is 28.8 Å². The molecule has 2 rings (SSSR count). The summed E-state index contributed by atoms with van der Waals surface area (Å²) in [4.78, 5) is 0. The Morgan fingerprint density at radius 3 is 2.81 bits per heavy atom. The lowest BCUT2D eigenvalue weighted by molar-refractivity contribution is 0.293. The maximum atomic E-state index is 7.56. The third-order valence-corrected chi connectivity index (χ3v) is 3.41. The van der Waals surface area contributed by atoms with E-state index in [9.17, 15) is 0 Å². The van der Waals surface area contributed by atoms with Gasteiger partial charge in [0, 0.05) is 5.71 Å². The predicted molar refractivity (Wildman–Crippen MR) is 66.7 cm³/mol. The molecule has 1 saturated carbocycles.